The molecule has 11 nitrogen and oxygen atoms in total. The Morgan fingerprint density at radius 2 is 1.67 bits per heavy atom. The Hall–Kier alpha value is -4.79. The zero-order valence-electron chi connectivity index (χ0n) is 33.2. The second kappa shape index (κ2) is 18.2. The molecule has 3 heterocycles. The predicted molar refractivity (Wildman–Crippen MR) is 217 cm³/mol. The molecule has 2 aliphatic rings. The number of nitrogens with zero attached hydrogens (tertiary/aromatic N) is 5. The summed E-state index contributed by atoms with van der Waals surface area (Å²) in [5, 5.41) is 27.2. The molecule has 2 amide bonds. The molecule has 0 saturated carbocycles. The minimum absolute atomic E-state index is 0.00752. The van der Waals surface area contributed by atoms with Crippen LogP contribution in [0.1, 0.15) is 73.5 Å². The van der Waals surface area contributed by atoms with E-state index in [2.05, 4.69) is 42.8 Å². The van der Waals surface area contributed by atoms with Crippen LogP contribution in [0.15, 0.2) is 66.7 Å². The molecule has 0 radical (unpaired) electrons. The number of aliphatic hydroxyl groups is 1. The fraction of sp³-hybridized carbons (Fsp3) is 0.488. The van der Waals surface area contributed by atoms with Gasteiger partial charge < -0.3 is 31.3 Å². The molecule has 5 atom stereocenters. The Kier molecular flexibility index (Phi) is 13.4. The van der Waals surface area contributed by atoms with Crippen LogP contribution in [0.25, 0.3) is 10.8 Å². The second-order valence-corrected chi connectivity index (χ2v) is 15.6. The summed E-state index contributed by atoms with van der Waals surface area (Å²) in [4.78, 5) is 32.6. The van der Waals surface area contributed by atoms with Crippen LogP contribution < -0.4 is 21.3 Å². The molecule has 57 heavy (non-hydrogen) atoms. The van der Waals surface area contributed by atoms with Crippen molar-refractivity contribution in [2.45, 2.75) is 96.2 Å². The lowest BCUT2D eigenvalue weighted by Crippen LogP contribution is -2.51. The van der Waals surface area contributed by atoms with E-state index in [0.717, 1.165) is 85.8 Å². The molecule has 0 bridgehead atoms. The van der Waals surface area contributed by atoms with Crippen molar-refractivity contribution in [3.63, 3.8) is 0 Å². The smallest absolute Gasteiger partial charge is 0.382 e. The summed E-state index contributed by atoms with van der Waals surface area (Å²) in [5.41, 5.74) is 9.00. The molecule has 6 rings (SSSR count). The van der Waals surface area contributed by atoms with E-state index in [9.17, 15) is 27.9 Å². The van der Waals surface area contributed by atoms with Crippen LogP contribution in [-0.4, -0.2) is 100 Å². The average molecular weight is 789 g/mol. The Balaban J connectivity index is 0.949. The van der Waals surface area contributed by atoms with Gasteiger partial charge in [-0.3, -0.25) is 14.5 Å². The number of fused-ring (bicyclic) bond motifs is 1. The number of hydrogen-bond donors (Lipinski definition) is 4. The van der Waals surface area contributed by atoms with Crippen molar-refractivity contribution >= 4 is 34.1 Å². The molecule has 306 valence electrons. The van der Waals surface area contributed by atoms with E-state index in [-0.39, 0.29) is 17.5 Å². The van der Waals surface area contributed by atoms with Crippen molar-refractivity contribution in [2.24, 2.45) is 5.73 Å². The summed E-state index contributed by atoms with van der Waals surface area (Å²) >= 11 is 0. The lowest BCUT2D eigenvalue weighted by Gasteiger charge is -2.36. The normalized spacial score (nSPS) is 19.5. The van der Waals surface area contributed by atoms with Gasteiger partial charge in [-0.1, -0.05) is 55.0 Å². The van der Waals surface area contributed by atoms with Gasteiger partial charge in [-0.15, -0.1) is 5.10 Å². The fourth-order valence-corrected chi connectivity index (χ4v) is 8.20. The lowest BCUT2D eigenvalue weighted by molar-refractivity contribution is -0.138. The van der Waals surface area contributed by atoms with Gasteiger partial charge >= 0.3 is 6.18 Å². The molecule has 4 aromatic rings. The van der Waals surface area contributed by atoms with Gasteiger partial charge in [0.1, 0.15) is 12.1 Å². The average Bonchev–Trinajstić information content (AvgIpc) is 3.45. The van der Waals surface area contributed by atoms with E-state index in [1.165, 1.54) is 13.0 Å². The van der Waals surface area contributed by atoms with E-state index < -0.39 is 41.9 Å². The van der Waals surface area contributed by atoms with E-state index in [1.807, 2.05) is 62.1 Å². The highest BCUT2D eigenvalue weighted by molar-refractivity contribution is 5.95. The predicted octanol–water partition coefficient (Wildman–Crippen LogP) is 5.77. The number of piperazine rings is 1. The highest BCUT2D eigenvalue weighted by atomic mass is 19.4. The Labute approximate surface area is 332 Å². The van der Waals surface area contributed by atoms with Crippen molar-refractivity contribution in [3.8, 4) is 0 Å². The van der Waals surface area contributed by atoms with Gasteiger partial charge in [0.2, 0.25) is 5.91 Å². The molecular weight excluding hydrogens is 734 g/mol. The number of halogens is 3. The highest BCUT2D eigenvalue weighted by Gasteiger charge is 2.39. The molecule has 2 fully saturated rings. The van der Waals surface area contributed by atoms with E-state index in [0.29, 0.717) is 30.8 Å². The van der Waals surface area contributed by atoms with Crippen LogP contribution in [0.4, 0.5) is 24.7 Å². The molecule has 0 aliphatic carbocycles. The molecule has 5 unspecified atom stereocenters. The summed E-state index contributed by atoms with van der Waals surface area (Å²) in [6.45, 7) is 12.3. The first-order valence-corrected chi connectivity index (χ1v) is 20.0. The molecule has 2 saturated heterocycles. The largest absolute Gasteiger partial charge is 0.416 e. The molecule has 14 heteroatoms. The molecule has 3 aromatic carbocycles. The number of carbonyl (C=O) groups is 2. The number of hydrogen-bond acceptors (Lipinski definition) is 9. The zero-order valence-corrected chi connectivity index (χ0v) is 33.2. The maximum absolute atomic E-state index is 13.6. The molecular formula is C43H55F3N8O3. The SMILES string of the molecule is Cc1c(C(C)Nc2nnc(C)c3ccc(N4CCN(CCCCCN5C(=O)C(NC(=O)C(O)C(N)Cc6ccccc6)CC5C)CC4)cc23)cccc1C(F)(F)F. The number of rotatable bonds is 15. The lowest BCUT2D eigenvalue weighted by atomic mass is 9.97. The fourth-order valence-electron chi connectivity index (χ4n) is 8.20. The summed E-state index contributed by atoms with van der Waals surface area (Å²) < 4.78 is 40.9. The van der Waals surface area contributed by atoms with Crippen LogP contribution in [0.5, 0.6) is 0 Å². The number of alkyl halides is 3. The quantitative estimate of drug-likeness (QED) is 0.111. The number of aryl methyl sites for hydroxylation is 1. The van der Waals surface area contributed by atoms with E-state index in [4.69, 9.17) is 5.73 Å². The van der Waals surface area contributed by atoms with Crippen molar-refractivity contribution < 1.29 is 27.9 Å². The molecule has 0 spiro atoms. The first kappa shape index (κ1) is 41.8. The van der Waals surface area contributed by atoms with Gasteiger partial charge in [-0.25, -0.2) is 0 Å². The number of nitrogens with two attached hydrogens (primary N) is 1. The Morgan fingerprint density at radius 1 is 0.947 bits per heavy atom. The third-order valence-corrected chi connectivity index (χ3v) is 11.6. The van der Waals surface area contributed by atoms with Gasteiger partial charge in [0.05, 0.1) is 17.3 Å². The number of anilines is 2. The maximum atomic E-state index is 13.6. The minimum Gasteiger partial charge on any atom is -0.382 e. The number of aromatic nitrogens is 2. The molecule has 5 N–H and O–H groups in total. The standard InChI is InChI=1S/C43H55F3N8O3/c1-27-24-38(49-41(56)39(55)37(47)25-31-12-7-5-8-13-31)42(57)54(27)19-10-6-9-18-52-20-22-53(23-21-52)32-16-17-34-30(4)50-51-40(35(34)26-32)48-29(3)33-14-11-15-36(28(33)2)43(44,45)46/h5,7-8,11-17,26-27,29,37-39,55H,6,9-10,18-25,47H2,1-4H3,(H,48,51)(H,49,56). The summed E-state index contributed by atoms with van der Waals surface area (Å²) in [7, 11) is 0. The van der Waals surface area contributed by atoms with Gasteiger partial charge in [0, 0.05) is 61.3 Å². The topological polar surface area (TPSA) is 140 Å². The summed E-state index contributed by atoms with van der Waals surface area (Å²) in [5.74, 6) is -0.200. The maximum Gasteiger partial charge on any atom is 0.416 e. The van der Waals surface area contributed by atoms with Crippen molar-refractivity contribution in [1.29, 1.82) is 0 Å². The van der Waals surface area contributed by atoms with Crippen LogP contribution in [0.3, 0.4) is 0 Å². The Morgan fingerprint density at radius 3 is 2.39 bits per heavy atom. The number of carbonyl (C=O) groups excluding carboxylic acids is 2. The highest BCUT2D eigenvalue weighted by Crippen LogP contribution is 2.36. The Bertz CT molecular complexity index is 2010. The number of likely N-dealkylation sites (tertiary alicyclic amines) is 1. The molecule has 2 aliphatic heterocycles. The van der Waals surface area contributed by atoms with Crippen LogP contribution in [-0.2, 0) is 22.2 Å². The first-order valence-electron chi connectivity index (χ1n) is 20.0. The first-order chi connectivity index (χ1) is 27.2. The number of amides is 2. The van der Waals surface area contributed by atoms with Gasteiger partial charge in [0.15, 0.2) is 5.82 Å². The number of unbranched alkanes of at least 4 members (excludes halogenated alkanes) is 2. The van der Waals surface area contributed by atoms with Crippen molar-refractivity contribution in [1.82, 2.24) is 25.3 Å². The van der Waals surface area contributed by atoms with Crippen molar-refractivity contribution in [2.75, 3.05) is 49.5 Å². The van der Waals surface area contributed by atoms with Gasteiger partial charge in [-0.05, 0) is 94.8 Å². The molecule has 1 aromatic heterocycles. The number of nitrogens with one attached hydrogen (secondary N) is 2. The van der Waals surface area contributed by atoms with Gasteiger partial charge in [0.25, 0.3) is 5.91 Å². The van der Waals surface area contributed by atoms with Gasteiger partial charge in [-0.2, -0.15) is 18.3 Å². The van der Waals surface area contributed by atoms with Crippen LogP contribution in [0, 0.1) is 13.8 Å². The summed E-state index contributed by atoms with van der Waals surface area (Å²) in [6.07, 6.45) is -2.14. The van der Waals surface area contributed by atoms with Crippen molar-refractivity contribution in [3.05, 3.63) is 94.7 Å². The second-order valence-electron chi connectivity index (χ2n) is 15.6. The monoisotopic (exact) mass is 788 g/mol. The third-order valence-electron chi connectivity index (χ3n) is 11.6. The summed E-state index contributed by atoms with van der Waals surface area (Å²) in [6, 6.07) is 18.1. The minimum atomic E-state index is -4.43. The number of benzene rings is 3. The zero-order chi connectivity index (χ0) is 40.9. The number of aliphatic hydroxyl groups excluding tert-OH is 1. The van der Waals surface area contributed by atoms with E-state index in [1.54, 1.807) is 6.07 Å². The third kappa shape index (κ3) is 10.0. The van der Waals surface area contributed by atoms with Crippen LogP contribution >= 0.6 is 0 Å². The van der Waals surface area contributed by atoms with E-state index >= 15 is 0 Å². The van der Waals surface area contributed by atoms with Crippen LogP contribution in [0.2, 0.25) is 0 Å².